The molecule has 0 spiro atoms. The van der Waals surface area contributed by atoms with Crippen molar-refractivity contribution in [2.24, 2.45) is 5.73 Å². The zero-order chi connectivity index (χ0) is 16.1. The van der Waals surface area contributed by atoms with E-state index in [4.69, 9.17) is 10.5 Å². The second-order valence-corrected chi connectivity index (χ2v) is 4.64. The molecule has 0 fully saturated rings. The summed E-state index contributed by atoms with van der Waals surface area (Å²) >= 11 is 0. The highest BCUT2D eigenvalue weighted by atomic mass is 16.6. The van der Waals surface area contributed by atoms with Crippen molar-refractivity contribution in [3.05, 3.63) is 51.6 Å². The Kier molecular flexibility index (Phi) is 4.90. The van der Waals surface area contributed by atoms with E-state index in [1.165, 1.54) is 19.2 Å². The first-order valence-electron chi connectivity index (χ1n) is 6.87. The molecular weight excluding hydrogens is 284 g/mol. The topological polar surface area (TPSA) is 103 Å². The maximum atomic E-state index is 11.1. The number of ether oxygens (including phenoxy) is 1. The number of anilines is 2. The van der Waals surface area contributed by atoms with Crippen LogP contribution in [-0.4, -0.2) is 17.0 Å². The van der Waals surface area contributed by atoms with Gasteiger partial charge in [0.25, 0.3) is 0 Å². The van der Waals surface area contributed by atoms with Gasteiger partial charge in [-0.1, -0.05) is 13.0 Å². The van der Waals surface area contributed by atoms with Crippen LogP contribution >= 0.6 is 0 Å². The number of benzene rings is 1. The highest BCUT2D eigenvalue weighted by Gasteiger charge is 2.17. The highest BCUT2D eigenvalue weighted by Crippen LogP contribution is 2.28. The first-order chi connectivity index (χ1) is 10.6. The van der Waals surface area contributed by atoms with Crippen molar-refractivity contribution in [2.75, 3.05) is 12.4 Å². The van der Waals surface area contributed by atoms with E-state index < -0.39 is 4.92 Å². The maximum Gasteiger partial charge on any atom is 0.311 e. The van der Waals surface area contributed by atoms with Gasteiger partial charge >= 0.3 is 5.69 Å². The molecule has 0 bridgehead atoms. The second kappa shape index (κ2) is 6.86. The molecule has 0 unspecified atom stereocenters. The lowest BCUT2D eigenvalue weighted by Gasteiger charge is -2.11. The lowest BCUT2D eigenvalue weighted by atomic mass is 10.0. The Morgan fingerprint density at radius 3 is 2.68 bits per heavy atom. The van der Waals surface area contributed by atoms with Gasteiger partial charge < -0.3 is 15.8 Å². The number of aromatic nitrogens is 1. The summed E-state index contributed by atoms with van der Waals surface area (Å²) in [4.78, 5) is 14.7. The van der Waals surface area contributed by atoms with E-state index in [9.17, 15) is 10.1 Å². The Hall–Kier alpha value is -2.67. The van der Waals surface area contributed by atoms with Crippen molar-refractivity contribution in [2.45, 2.75) is 19.9 Å². The monoisotopic (exact) mass is 302 g/mol. The highest BCUT2D eigenvalue weighted by molar-refractivity contribution is 5.66. The molecule has 0 atom stereocenters. The molecule has 2 aromatic rings. The lowest BCUT2D eigenvalue weighted by Crippen LogP contribution is -2.04. The molecule has 0 saturated carbocycles. The van der Waals surface area contributed by atoms with E-state index in [1.807, 2.05) is 18.2 Å². The Morgan fingerprint density at radius 1 is 1.32 bits per heavy atom. The van der Waals surface area contributed by atoms with Gasteiger partial charge in [-0.2, -0.15) is 4.98 Å². The molecule has 0 aliphatic rings. The van der Waals surface area contributed by atoms with E-state index in [0.717, 1.165) is 17.5 Å². The van der Waals surface area contributed by atoms with Gasteiger partial charge in [0, 0.05) is 24.4 Å². The first kappa shape index (κ1) is 15.7. The standard InChI is InChI=1S/C15H18N4O3/c1-3-10-4-5-12(8-11(10)9-16)17-15-13(19(20)21)6-7-14(18-15)22-2/h4-8H,3,9,16H2,1-2H3,(H,17,18). The molecule has 1 aromatic heterocycles. The van der Waals surface area contributed by atoms with Gasteiger partial charge in [0.2, 0.25) is 11.7 Å². The summed E-state index contributed by atoms with van der Waals surface area (Å²) in [6.45, 7) is 2.46. The number of hydrogen-bond acceptors (Lipinski definition) is 6. The number of nitro groups is 1. The molecule has 0 aliphatic heterocycles. The van der Waals surface area contributed by atoms with Crippen LogP contribution in [0.2, 0.25) is 0 Å². The Labute approximate surface area is 128 Å². The summed E-state index contributed by atoms with van der Waals surface area (Å²) in [7, 11) is 1.46. The van der Waals surface area contributed by atoms with E-state index >= 15 is 0 Å². The van der Waals surface area contributed by atoms with Crippen molar-refractivity contribution < 1.29 is 9.66 Å². The van der Waals surface area contributed by atoms with E-state index in [-0.39, 0.29) is 11.5 Å². The molecule has 0 aliphatic carbocycles. The largest absolute Gasteiger partial charge is 0.481 e. The second-order valence-electron chi connectivity index (χ2n) is 4.64. The number of rotatable bonds is 6. The predicted molar refractivity (Wildman–Crippen MR) is 84.4 cm³/mol. The third-order valence-electron chi connectivity index (χ3n) is 3.32. The van der Waals surface area contributed by atoms with E-state index in [2.05, 4.69) is 17.2 Å². The van der Waals surface area contributed by atoms with Crippen molar-refractivity contribution in [3.63, 3.8) is 0 Å². The van der Waals surface area contributed by atoms with Crippen molar-refractivity contribution in [3.8, 4) is 5.88 Å². The molecule has 2 rings (SSSR count). The number of nitrogens with zero attached hydrogens (tertiary/aromatic N) is 2. The predicted octanol–water partition coefficient (Wildman–Crippen LogP) is 2.76. The fraction of sp³-hybridized carbons (Fsp3) is 0.267. The molecular formula is C15H18N4O3. The average Bonchev–Trinajstić information content (AvgIpc) is 2.54. The number of nitrogens with one attached hydrogen (secondary N) is 1. The Morgan fingerprint density at radius 2 is 2.09 bits per heavy atom. The summed E-state index contributed by atoms with van der Waals surface area (Å²) in [6, 6.07) is 8.50. The van der Waals surface area contributed by atoms with Crippen LogP contribution < -0.4 is 15.8 Å². The molecule has 1 aromatic carbocycles. The van der Waals surface area contributed by atoms with Gasteiger partial charge in [-0.05, 0) is 29.7 Å². The van der Waals surface area contributed by atoms with Gasteiger partial charge in [-0.15, -0.1) is 0 Å². The van der Waals surface area contributed by atoms with Gasteiger partial charge in [-0.3, -0.25) is 10.1 Å². The number of pyridine rings is 1. The van der Waals surface area contributed by atoms with Crippen LogP contribution in [0.3, 0.4) is 0 Å². The maximum absolute atomic E-state index is 11.1. The number of aryl methyl sites for hydroxylation is 1. The molecule has 0 radical (unpaired) electrons. The van der Waals surface area contributed by atoms with Crippen molar-refractivity contribution in [1.82, 2.24) is 4.98 Å². The van der Waals surface area contributed by atoms with E-state index in [1.54, 1.807) is 0 Å². The molecule has 0 amide bonds. The third kappa shape index (κ3) is 3.32. The molecule has 116 valence electrons. The van der Waals surface area contributed by atoms with Crippen LogP contribution in [-0.2, 0) is 13.0 Å². The Balaban J connectivity index is 2.39. The molecule has 3 N–H and O–H groups in total. The summed E-state index contributed by atoms with van der Waals surface area (Å²) in [5.41, 5.74) is 8.47. The normalized spacial score (nSPS) is 10.3. The van der Waals surface area contributed by atoms with Crippen molar-refractivity contribution >= 4 is 17.2 Å². The lowest BCUT2D eigenvalue weighted by molar-refractivity contribution is -0.384. The minimum atomic E-state index is -0.487. The smallest absolute Gasteiger partial charge is 0.311 e. The molecule has 22 heavy (non-hydrogen) atoms. The van der Waals surface area contributed by atoms with Crippen LogP contribution in [0.4, 0.5) is 17.2 Å². The van der Waals surface area contributed by atoms with Crippen LogP contribution in [0.15, 0.2) is 30.3 Å². The molecule has 1 heterocycles. The molecule has 7 heteroatoms. The summed E-state index contributed by atoms with van der Waals surface area (Å²) in [5, 5.41) is 14.1. The van der Waals surface area contributed by atoms with Crippen LogP contribution in [0.25, 0.3) is 0 Å². The zero-order valence-electron chi connectivity index (χ0n) is 12.5. The van der Waals surface area contributed by atoms with Gasteiger partial charge in [-0.25, -0.2) is 0 Å². The fourth-order valence-electron chi connectivity index (χ4n) is 2.16. The van der Waals surface area contributed by atoms with Crippen molar-refractivity contribution in [1.29, 1.82) is 0 Å². The fourth-order valence-corrected chi connectivity index (χ4v) is 2.16. The average molecular weight is 302 g/mol. The summed E-state index contributed by atoms with van der Waals surface area (Å²) in [6.07, 6.45) is 0.879. The van der Waals surface area contributed by atoms with Crippen LogP contribution in [0, 0.1) is 10.1 Å². The third-order valence-corrected chi connectivity index (χ3v) is 3.32. The number of nitrogens with two attached hydrogens (primary N) is 1. The zero-order valence-corrected chi connectivity index (χ0v) is 12.5. The SMILES string of the molecule is CCc1ccc(Nc2nc(OC)ccc2[N+](=O)[O-])cc1CN. The molecule has 0 saturated heterocycles. The minimum absolute atomic E-state index is 0.116. The summed E-state index contributed by atoms with van der Waals surface area (Å²) < 4.78 is 5.01. The first-order valence-corrected chi connectivity index (χ1v) is 6.87. The summed E-state index contributed by atoms with van der Waals surface area (Å²) in [5.74, 6) is 0.439. The number of hydrogen-bond donors (Lipinski definition) is 2. The van der Waals surface area contributed by atoms with Gasteiger partial charge in [0.15, 0.2) is 0 Å². The number of methoxy groups -OCH3 is 1. The van der Waals surface area contributed by atoms with Crippen LogP contribution in [0.5, 0.6) is 5.88 Å². The quantitative estimate of drug-likeness (QED) is 0.628. The van der Waals surface area contributed by atoms with Gasteiger partial charge in [0.05, 0.1) is 12.0 Å². The minimum Gasteiger partial charge on any atom is -0.481 e. The van der Waals surface area contributed by atoms with E-state index in [0.29, 0.717) is 18.1 Å². The van der Waals surface area contributed by atoms with Gasteiger partial charge in [0.1, 0.15) is 0 Å². The Bertz CT molecular complexity index is 688. The molecule has 7 nitrogen and oxygen atoms in total. The van der Waals surface area contributed by atoms with Crippen LogP contribution in [0.1, 0.15) is 18.1 Å².